The smallest absolute Gasteiger partial charge is 0.342 e. The highest BCUT2D eigenvalue weighted by molar-refractivity contribution is 5.89. The van der Waals surface area contributed by atoms with Crippen molar-refractivity contribution in [2.45, 2.75) is 20.8 Å². The summed E-state index contributed by atoms with van der Waals surface area (Å²) in [6.45, 7) is 12.9. The van der Waals surface area contributed by atoms with Gasteiger partial charge in [-0.3, -0.25) is 0 Å². The van der Waals surface area contributed by atoms with Crippen molar-refractivity contribution in [3.8, 4) is 6.07 Å². The molecule has 0 amide bonds. The lowest BCUT2D eigenvalue weighted by Gasteiger charge is -1.96. The van der Waals surface area contributed by atoms with Gasteiger partial charge in [-0.1, -0.05) is 52.1 Å². The highest BCUT2D eigenvalue weighted by Gasteiger charge is 2.01. The summed E-state index contributed by atoms with van der Waals surface area (Å²) in [4.78, 5) is 11.0. The van der Waals surface area contributed by atoms with Gasteiger partial charge in [0.05, 0.1) is 17.9 Å². The molecular formula is C16H21NO2. The summed E-state index contributed by atoms with van der Waals surface area (Å²) in [6.07, 6.45) is 2.30. The van der Waals surface area contributed by atoms with Gasteiger partial charge in [-0.25, -0.2) is 4.79 Å². The molecule has 0 saturated heterocycles. The van der Waals surface area contributed by atoms with Gasteiger partial charge in [0.25, 0.3) is 0 Å². The van der Waals surface area contributed by atoms with E-state index >= 15 is 0 Å². The van der Waals surface area contributed by atoms with E-state index in [1.807, 2.05) is 6.07 Å². The Morgan fingerprint density at radius 3 is 2.00 bits per heavy atom. The van der Waals surface area contributed by atoms with Gasteiger partial charge in [0.2, 0.25) is 0 Å². The molecular weight excluding hydrogens is 238 g/mol. The average Bonchev–Trinajstić information content (AvgIpc) is 2.40. The lowest BCUT2D eigenvalue weighted by molar-refractivity contribution is 0.0664. The fourth-order valence-electron chi connectivity index (χ4n) is 0.718. The van der Waals surface area contributed by atoms with Gasteiger partial charge in [-0.2, -0.15) is 5.26 Å². The zero-order valence-corrected chi connectivity index (χ0v) is 11.8. The molecule has 0 radical (unpaired) electrons. The molecule has 1 aromatic rings. The molecule has 0 bridgehead atoms. The lowest BCUT2D eigenvalue weighted by Crippen LogP contribution is -1.98. The number of carbonyl (C=O) groups excluding carboxylic acids is 1. The number of nitriles is 1. The number of rotatable bonds is 2. The molecule has 0 unspecified atom stereocenters. The van der Waals surface area contributed by atoms with Gasteiger partial charge in [0.15, 0.2) is 0 Å². The Morgan fingerprint density at radius 2 is 1.68 bits per heavy atom. The van der Waals surface area contributed by atoms with Gasteiger partial charge < -0.3 is 4.74 Å². The first-order valence-corrected chi connectivity index (χ1v) is 5.87. The molecule has 0 spiro atoms. The van der Waals surface area contributed by atoms with Crippen molar-refractivity contribution in [2.24, 2.45) is 5.92 Å². The third-order valence-electron chi connectivity index (χ3n) is 1.29. The van der Waals surface area contributed by atoms with Gasteiger partial charge in [0, 0.05) is 6.08 Å². The van der Waals surface area contributed by atoms with Gasteiger partial charge in [-0.15, -0.1) is 0 Å². The molecule has 1 rings (SSSR count). The summed E-state index contributed by atoms with van der Waals surface area (Å²) in [5.74, 6) is 0.459. The molecule has 0 atom stereocenters. The zero-order chi connectivity index (χ0) is 15.1. The fraction of sp³-hybridized carbons (Fsp3) is 0.250. The third-order valence-corrected chi connectivity index (χ3v) is 1.29. The van der Waals surface area contributed by atoms with E-state index < -0.39 is 0 Å². The molecule has 0 aliphatic rings. The normalized spacial score (nSPS) is 7.74. The molecule has 0 heterocycles. The number of carbonyl (C=O) groups is 1. The summed E-state index contributed by atoms with van der Waals surface area (Å²) in [5, 5.41) is 7.51. The van der Waals surface area contributed by atoms with E-state index in [1.54, 1.807) is 30.3 Å². The number of allylic oxidation sites excluding steroid dienone is 1. The summed E-state index contributed by atoms with van der Waals surface area (Å²) in [5.41, 5.74) is 0.535. The molecule has 0 N–H and O–H groups in total. The maximum atomic E-state index is 11.0. The minimum Gasteiger partial charge on any atom is -0.432 e. The predicted molar refractivity (Wildman–Crippen MR) is 78.4 cm³/mol. The van der Waals surface area contributed by atoms with E-state index in [9.17, 15) is 4.79 Å². The van der Waals surface area contributed by atoms with Crippen molar-refractivity contribution in [3.05, 3.63) is 61.4 Å². The Morgan fingerprint density at radius 1 is 1.26 bits per heavy atom. The van der Waals surface area contributed by atoms with Gasteiger partial charge in [0.1, 0.15) is 0 Å². The van der Waals surface area contributed by atoms with Crippen molar-refractivity contribution in [1.29, 1.82) is 5.26 Å². The first-order valence-electron chi connectivity index (χ1n) is 5.87. The molecule has 1 aromatic carbocycles. The molecule has 19 heavy (non-hydrogen) atoms. The number of benzene rings is 1. The van der Waals surface area contributed by atoms with Crippen LogP contribution in [0.25, 0.3) is 0 Å². The molecule has 3 nitrogen and oxygen atoms in total. The zero-order valence-electron chi connectivity index (χ0n) is 11.8. The second-order valence-corrected chi connectivity index (χ2v) is 4.00. The van der Waals surface area contributed by atoms with E-state index in [4.69, 9.17) is 5.26 Å². The topological polar surface area (TPSA) is 50.1 Å². The average molecular weight is 259 g/mol. The van der Waals surface area contributed by atoms with E-state index in [1.165, 1.54) is 6.08 Å². The van der Waals surface area contributed by atoms with Crippen LogP contribution in [-0.2, 0) is 4.74 Å². The first-order chi connectivity index (χ1) is 8.99. The van der Waals surface area contributed by atoms with Crippen LogP contribution in [0.4, 0.5) is 0 Å². The maximum Gasteiger partial charge on any atom is 0.342 e. The van der Waals surface area contributed by atoms with Crippen LogP contribution in [0.5, 0.6) is 0 Å². The molecule has 0 aliphatic carbocycles. The monoisotopic (exact) mass is 259 g/mol. The highest BCUT2D eigenvalue weighted by Crippen LogP contribution is 2.00. The Labute approximate surface area is 115 Å². The van der Waals surface area contributed by atoms with Crippen LogP contribution in [0.15, 0.2) is 55.8 Å². The van der Waals surface area contributed by atoms with Crippen molar-refractivity contribution in [1.82, 2.24) is 0 Å². The minimum atomic E-state index is -0.374. The quantitative estimate of drug-likeness (QED) is 0.451. The van der Waals surface area contributed by atoms with Crippen molar-refractivity contribution in [2.75, 3.05) is 0 Å². The minimum absolute atomic E-state index is 0.374. The van der Waals surface area contributed by atoms with E-state index in [0.29, 0.717) is 5.56 Å². The SMILES string of the molecule is C=CC#N.C=COC(=O)c1ccccc1.CC(C)C. The number of nitrogens with zero attached hydrogens (tertiary/aromatic N) is 1. The summed E-state index contributed by atoms with van der Waals surface area (Å²) in [7, 11) is 0. The highest BCUT2D eigenvalue weighted by atomic mass is 16.5. The van der Waals surface area contributed by atoms with Crippen LogP contribution >= 0.6 is 0 Å². The van der Waals surface area contributed by atoms with E-state index in [2.05, 4.69) is 38.7 Å². The number of ether oxygens (including phenoxy) is 1. The van der Waals surface area contributed by atoms with Crippen LogP contribution in [-0.4, -0.2) is 5.97 Å². The molecule has 102 valence electrons. The van der Waals surface area contributed by atoms with Crippen molar-refractivity contribution in [3.63, 3.8) is 0 Å². The van der Waals surface area contributed by atoms with Crippen LogP contribution in [0.3, 0.4) is 0 Å². The fourth-order valence-corrected chi connectivity index (χ4v) is 0.718. The van der Waals surface area contributed by atoms with Gasteiger partial charge in [-0.05, 0) is 18.1 Å². The summed E-state index contributed by atoms with van der Waals surface area (Å²) >= 11 is 0. The van der Waals surface area contributed by atoms with Crippen LogP contribution in [0.2, 0.25) is 0 Å². The summed E-state index contributed by atoms with van der Waals surface area (Å²) < 4.78 is 4.55. The molecule has 0 fully saturated rings. The predicted octanol–water partition coefficient (Wildman–Crippen LogP) is 4.35. The first kappa shape index (κ1) is 19.0. The van der Waals surface area contributed by atoms with Crippen LogP contribution in [0, 0.1) is 17.2 Å². The molecule has 0 saturated carbocycles. The number of esters is 1. The van der Waals surface area contributed by atoms with Crippen LogP contribution in [0.1, 0.15) is 31.1 Å². The van der Waals surface area contributed by atoms with Crippen molar-refractivity contribution >= 4 is 5.97 Å². The van der Waals surface area contributed by atoms with Gasteiger partial charge >= 0.3 is 5.97 Å². The largest absolute Gasteiger partial charge is 0.432 e. The van der Waals surface area contributed by atoms with Crippen molar-refractivity contribution < 1.29 is 9.53 Å². The Hall–Kier alpha value is -2.34. The maximum absolute atomic E-state index is 11.0. The van der Waals surface area contributed by atoms with E-state index in [-0.39, 0.29) is 5.97 Å². The Balaban J connectivity index is 0. The number of hydrogen-bond acceptors (Lipinski definition) is 3. The van der Waals surface area contributed by atoms with E-state index in [0.717, 1.165) is 12.2 Å². The second-order valence-electron chi connectivity index (χ2n) is 4.00. The molecule has 3 heteroatoms. The lowest BCUT2D eigenvalue weighted by atomic mass is 10.2. The standard InChI is InChI=1S/C9H8O2.C4H10.C3H3N/c1-2-11-9(10)8-6-4-3-5-7-8;1-4(2)3;1-2-3-4/h2-7H,1H2;4H,1-3H3;2H,1H2. The molecule has 0 aromatic heterocycles. The Bertz CT molecular complexity index is 400. The Kier molecular flexibility index (Phi) is 13.7. The number of hydrogen-bond donors (Lipinski definition) is 0. The second kappa shape index (κ2) is 13.7. The third kappa shape index (κ3) is 15.7. The summed E-state index contributed by atoms with van der Waals surface area (Å²) in [6, 6.07) is 10.5. The molecule has 0 aliphatic heterocycles. The van der Waals surface area contributed by atoms with Crippen LogP contribution < -0.4 is 0 Å².